The van der Waals surface area contributed by atoms with E-state index in [0.29, 0.717) is 24.9 Å². The molecule has 0 heterocycles. The lowest BCUT2D eigenvalue weighted by molar-refractivity contribution is 0.213. The summed E-state index contributed by atoms with van der Waals surface area (Å²) in [5, 5.41) is 7.44. The highest BCUT2D eigenvalue weighted by molar-refractivity contribution is 5.97. The lowest BCUT2D eigenvalue weighted by Gasteiger charge is -2.11. The van der Waals surface area contributed by atoms with Gasteiger partial charge < -0.3 is 30.6 Å². The molecule has 0 radical (unpaired) electrons. The SMILES string of the molecule is C.CO/N=C(\N)c1ccc(OCc2cc(C)cc(COc3ccc(/C(N)=N\OC)cc3)c2)cc1. The van der Waals surface area contributed by atoms with Gasteiger partial charge in [-0.3, -0.25) is 0 Å². The van der Waals surface area contributed by atoms with Crippen LogP contribution in [0, 0.1) is 6.92 Å². The molecular weight excluding hydrogens is 432 g/mol. The fourth-order valence-corrected chi connectivity index (χ4v) is 3.19. The summed E-state index contributed by atoms with van der Waals surface area (Å²) in [6.07, 6.45) is 0. The third-order valence-corrected chi connectivity index (χ3v) is 4.69. The van der Waals surface area contributed by atoms with Crippen molar-refractivity contribution in [1.82, 2.24) is 0 Å². The van der Waals surface area contributed by atoms with Crippen LogP contribution in [0.1, 0.15) is 35.2 Å². The molecule has 4 N–H and O–H groups in total. The van der Waals surface area contributed by atoms with E-state index in [-0.39, 0.29) is 7.43 Å². The van der Waals surface area contributed by atoms with E-state index in [4.69, 9.17) is 30.6 Å². The quantitative estimate of drug-likeness (QED) is 0.262. The van der Waals surface area contributed by atoms with Crippen molar-refractivity contribution in [3.8, 4) is 11.5 Å². The third-order valence-electron chi connectivity index (χ3n) is 4.69. The maximum Gasteiger partial charge on any atom is 0.170 e. The molecule has 180 valence electrons. The van der Waals surface area contributed by atoms with E-state index < -0.39 is 0 Å². The van der Waals surface area contributed by atoms with Crippen LogP contribution in [0.15, 0.2) is 77.0 Å². The molecule has 0 aromatic heterocycles. The van der Waals surface area contributed by atoms with Crippen molar-refractivity contribution in [3.63, 3.8) is 0 Å². The standard InChI is InChI=1S/C25H28N4O4.CH4/c1-17-12-18(15-32-22-8-4-20(5-9-22)24(26)28-30-2)14-19(13-17)16-33-23-10-6-21(7-11-23)25(27)29-31-3;/h4-14H,15-16H2,1-3H3,(H2,26,28)(H2,27,29);1H4. The largest absolute Gasteiger partial charge is 0.489 e. The molecule has 0 unspecified atom stereocenters. The molecule has 0 fully saturated rings. The van der Waals surface area contributed by atoms with Gasteiger partial charge in [-0.05, 0) is 72.6 Å². The number of nitrogens with zero attached hydrogens (tertiary/aromatic N) is 2. The van der Waals surface area contributed by atoms with Crippen LogP contribution in [-0.4, -0.2) is 25.9 Å². The van der Waals surface area contributed by atoms with Crippen LogP contribution < -0.4 is 20.9 Å². The van der Waals surface area contributed by atoms with Crippen LogP contribution in [0.4, 0.5) is 0 Å². The predicted octanol–water partition coefficient (Wildman–Crippen LogP) is 4.32. The van der Waals surface area contributed by atoms with Crippen molar-refractivity contribution < 1.29 is 19.1 Å². The highest BCUT2D eigenvalue weighted by Crippen LogP contribution is 2.18. The Morgan fingerprint density at radius 3 is 1.41 bits per heavy atom. The van der Waals surface area contributed by atoms with Gasteiger partial charge in [0.1, 0.15) is 38.9 Å². The third kappa shape index (κ3) is 7.44. The molecule has 34 heavy (non-hydrogen) atoms. The molecule has 8 heteroatoms. The van der Waals surface area contributed by atoms with Crippen LogP contribution in [0.25, 0.3) is 0 Å². The molecule has 0 aliphatic heterocycles. The topological polar surface area (TPSA) is 114 Å². The lowest BCUT2D eigenvalue weighted by atomic mass is 10.1. The summed E-state index contributed by atoms with van der Waals surface area (Å²) in [6, 6.07) is 21.0. The zero-order valence-corrected chi connectivity index (χ0v) is 18.9. The molecule has 0 bridgehead atoms. The summed E-state index contributed by atoms with van der Waals surface area (Å²) in [6.45, 7) is 2.91. The monoisotopic (exact) mass is 464 g/mol. The Bertz CT molecular complexity index is 1020. The number of hydrogen-bond donors (Lipinski definition) is 2. The number of benzene rings is 3. The Labute approximate surface area is 200 Å². The van der Waals surface area contributed by atoms with E-state index in [0.717, 1.165) is 39.3 Å². The highest BCUT2D eigenvalue weighted by atomic mass is 16.6. The maximum atomic E-state index is 5.93. The zero-order valence-electron chi connectivity index (χ0n) is 18.9. The zero-order chi connectivity index (χ0) is 23.6. The molecule has 0 aliphatic rings. The Hall–Kier alpha value is -4.20. The van der Waals surface area contributed by atoms with E-state index in [2.05, 4.69) is 28.5 Å². The minimum atomic E-state index is 0. The maximum absolute atomic E-state index is 5.93. The average Bonchev–Trinajstić information content (AvgIpc) is 2.82. The van der Waals surface area contributed by atoms with Gasteiger partial charge in [-0.15, -0.1) is 0 Å². The first-order valence-corrected chi connectivity index (χ1v) is 10.3. The Morgan fingerprint density at radius 2 is 1.06 bits per heavy atom. The smallest absolute Gasteiger partial charge is 0.170 e. The highest BCUT2D eigenvalue weighted by Gasteiger charge is 2.05. The Morgan fingerprint density at radius 1 is 0.676 bits per heavy atom. The van der Waals surface area contributed by atoms with E-state index in [1.807, 2.05) is 55.5 Å². The van der Waals surface area contributed by atoms with Crippen molar-refractivity contribution in [2.45, 2.75) is 27.6 Å². The van der Waals surface area contributed by atoms with Crippen molar-refractivity contribution >= 4 is 11.7 Å². The lowest BCUT2D eigenvalue weighted by Crippen LogP contribution is -2.13. The normalized spacial score (nSPS) is 11.4. The molecule has 3 aromatic rings. The number of oxime groups is 2. The number of hydrogen-bond acceptors (Lipinski definition) is 6. The van der Waals surface area contributed by atoms with E-state index in [1.165, 1.54) is 14.2 Å². The minimum absolute atomic E-state index is 0. The van der Waals surface area contributed by atoms with Gasteiger partial charge in [0.05, 0.1) is 0 Å². The van der Waals surface area contributed by atoms with Gasteiger partial charge in [-0.25, -0.2) is 0 Å². The average molecular weight is 465 g/mol. The second kappa shape index (κ2) is 12.7. The summed E-state index contributed by atoms with van der Waals surface area (Å²) in [5.74, 6) is 2.10. The van der Waals surface area contributed by atoms with E-state index in [1.54, 1.807) is 0 Å². The molecule has 0 aliphatic carbocycles. The van der Waals surface area contributed by atoms with Gasteiger partial charge in [0.2, 0.25) is 0 Å². The second-order valence-electron chi connectivity index (χ2n) is 7.27. The van der Waals surface area contributed by atoms with Crippen molar-refractivity contribution in [2.75, 3.05) is 14.2 Å². The first-order chi connectivity index (χ1) is 16.0. The Balaban J connectivity index is 0.00000408. The molecule has 3 rings (SSSR count). The van der Waals surface area contributed by atoms with Crippen LogP contribution >= 0.6 is 0 Å². The molecule has 0 amide bonds. The molecule has 3 aromatic carbocycles. The van der Waals surface area contributed by atoms with E-state index in [9.17, 15) is 0 Å². The summed E-state index contributed by atoms with van der Waals surface area (Å²) < 4.78 is 11.9. The molecular formula is C26H32N4O4. The number of ether oxygens (including phenoxy) is 2. The number of rotatable bonds is 10. The molecule has 0 saturated heterocycles. The second-order valence-corrected chi connectivity index (χ2v) is 7.27. The molecule has 0 spiro atoms. The van der Waals surface area contributed by atoms with Gasteiger partial charge in [0, 0.05) is 11.1 Å². The van der Waals surface area contributed by atoms with Gasteiger partial charge in [0.25, 0.3) is 0 Å². The fourth-order valence-electron chi connectivity index (χ4n) is 3.19. The first-order valence-electron chi connectivity index (χ1n) is 10.3. The predicted molar refractivity (Wildman–Crippen MR) is 135 cm³/mol. The first kappa shape index (κ1) is 26.1. The van der Waals surface area contributed by atoms with Crippen molar-refractivity contribution in [3.05, 3.63) is 94.5 Å². The molecule has 0 atom stereocenters. The van der Waals surface area contributed by atoms with Crippen molar-refractivity contribution in [1.29, 1.82) is 0 Å². The molecule has 8 nitrogen and oxygen atoms in total. The Kier molecular flexibility index (Phi) is 9.76. The van der Waals surface area contributed by atoms with Gasteiger partial charge >= 0.3 is 0 Å². The molecule has 0 saturated carbocycles. The summed E-state index contributed by atoms with van der Waals surface area (Å²) >= 11 is 0. The fraction of sp³-hybridized carbons (Fsp3) is 0.231. The number of amidine groups is 2. The van der Waals surface area contributed by atoms with E-state index >= 15 is 0 Å². The van der Waals surface area contributed by atoms with Gasteiger partial charge in [-0.1, -0.05) is 35.4 Å². The number of nitrogens with two attached hydrogens (primary N) is 2. The summed E-state index contributed by atoms with van der Waals surface area (Å²) in [4.78, 5) is 9.39. The van der Waals surface area contributed by atoms with Gasteiger partial charge in [-0.2, -0.15) is 0 Å². The summed E-state index contributed by atoms with van der Waals surface area (Å²) in [5.41, 5.74) is 16.4. The number of aryl methyl sites for hydroxylation is 1. The van der Waals surface area contributed by atoms with Crippen molar-refractivity contribution in [2.24, 2.45) is 21.8 Å². The van der Waals surface area contributed by atoms with Gasteiger partial charge in [0.15, 0.2) is 11.7 Å². The van der Waals surface area contributed by atoms with Crippen LogP contribution in [0.5, 0.6) is 11.5 Å². The van der Waals surface area contributed by atoms with Crippen LogP contribution in [-0.2, 0) is 22.9 Å². The van der Waals surface area contributed by atoms with Crippen LogP contribution in [0.2, 0.25) is 0 Å². The van der Waals surface area contributed by atoms with Crippen LogP contribution in [0.3, 0.4) is 0 Å². The minimum Gasteiger partial charge on any atom is -0.489 e. The summed E-state index contributed by atoms with van der Waals surface area (Å²) in [7, 11) is 2.91.